The highest BCUT2D eigenvalue weighted by Crippen LogP contribution is 2.22. The van der Waals surface area contributed by atoms with Crippen LogP contribution in [-0.2, 0) is 14.8 Å². The minimum atomic E-state index is -3.48. The van der Waals surface area contributed by atoms with Gasteiger partial charge in [0, 0.05) is 13.1 Å². The van der Waals surface area contributed by atoms with Crippen molar-refractivity contribution < 1.29 is 13.2 Å². The van der Waals surface area contributed by atoms with Crippen LogP contribution in [0.3, 0.4) is 0 Å². The largest absolute Gasteiger partial charge is 0.352 e. The smallest absolute Gasteiger partial charge is 0.243 e. The normalized spacial score (nSPS) is 18.8. The Morgan fingerprint density at radius 2 is 1.83 bits per heavy atom. The molecule has 0 spiro atoms. The van der Waals surface area contributed by atoms with Gasteiger partial charge in [-0.05, 0) is 38.5 Å². The third-order valence-corrected chi connectivity index (χ3v) is 5.57. The summed E-state index contributed by atoms with van der Waals surface area (Å²) in [6, 6.07) is 8.27. The van der Waals surface area contributed by atoms with E-state index in [1.165, 1.54) is 7.05 Å². The molecule has 1 saturated heterocycles. The van der Waals surface area contributed by atoms with E-state index in [-0.39, 0.29) is 11.9 Å². The molecule has 7 heteroatoms. The van der Waals surface area contributed by atoms with Crippen LogP contribution in [0.4, 0.5) is 0 Å². The number of hydrogen-bond donors (Lipinski definition) is 1. The van der Waals surface area contributed by atoms with E-state index >= 15 is 0 Å². The summed E-state index contributed by atoms with van der Waals surface area (Å²) in [7, 11) is 0.0229. The van der Waals surface area contributed by atoms with Crippen molar-refractivity contribution in [1.29, 1.82) is 0 Å². The number of nitrogens with zero attached hydrogens (tertiary/aromatic N) is 2. The van der Waals surface area contributed by atoms with E-state index in [9.17, 15) is 13.2 Å². The first kappa shape index (κ1) is 17.9. The molecule has 1 fully saturated rings. The van der Waals surface area contributed by atoms with Crippen molar-refractivity contribution in [3.8, 4) is 0 Å². The lowest BCUT2D eigenvalue weighted by molar-refractivity contribution is -0.125. The summed E-state index contributed by atoms with van der Waals surface area (Å²) in [6.45, 7) is 1.87. The lowest BCUT2D eigenvalue weighted by Crippen LogP contribution is -2.48. The Bertz CT molecular complexity index is 625. The van der Waals surface area contributed by atoms with Crippen molar-refractivity contribution in [3.63, 3.8) is 0 Å². The van der Waals surface area contributed by atoms with Gasteiger partial charge < -0.3 is 10.2 Å². The van der Waals surface area contributed by atoms with Gasteiger partial charge in [-0.2, -0.15) is 4.31 Å². The molecule has 0 saturated carbocycles. The van der Waals surface area contributed by atoms with Gasteiger partial charge in [-0.25, -0.2) is 8.42 Å². The standard InChI is InChI=1S/C16H25N3O3S/c1-18-11-9-14(10-12-18)17-16(20)15(19(2)23(3,21)22)13-7-5-4-6-8-13/h4-8,14-15H,9-12H2,1-3H3,(H,17,20)/t15-/m0/s1. The number of piperidine rings is 1. The number of likely N-dealkylation sites (N-methyl/N-ethyl adjacent to an activating group) is 1. The Morgan fingerprint density at radius 3 is 2.35 bits per heavy atom. The molecule has 1 atom stereocenters. The third-order valence-electron chi connectivity index (χ3n) is 4.32. The van der Waals surface area contributed by atoms with Crippen molar-refractivity contribution in [2.45, 2.75) is 24.9 Å². The first-order valence-corrected chi connectivity index (χ1v) is 9.60. The monoisotopic (exact) mass is 339 g/mol. The number of likely N-dealkylation sites (tertiary alicyclic amines) is 1. The van der Waals surface area contributed by atoms with Gasteiger partial charge in [0.05, 0.1) is 6.26 Å². The molecule has 2 rings (SSSR count). The zero-order valence-corrected chi connectivity index (χ0v) is 14.7. The Morgan fingerprint density at radius 1 is 1.26 bits per heavy atom. The van der Waals surface area contributed by atoms with Gasteiger partial charge in [-0.1, -0.05) is 30.3 Å². The van der Waals surface area contributed by atoms with Crippen LogP contribution in [0, 0.1) is 0 Å². The van der Waals surface area contributed by atoms with Crippen molar-refractivity contribution >= 4 is 15.9 Å². The minimum absolute atomic E-state index is 0.0953. The number of carbonyl (C=O) groups excluding carboxylic acids is 1. The fourth-order valence-corrected chi connectivity index (χ4v) is 3.39. The van der Waals surface area contributed by atoms with Gasteiger partial charge in [-0.3, -0.25) is 4.79 Å². The summed E-state index contributed by atoms with van der Waals surface area (Å²) in [6.07, 6.45) is 2.88. The zero-order valence-electron chi connectivity index (χ0n) is 13.9. The number of sulfonamides is 1. The molecule has 1 aromatic carbocycles. The van der Waals surface area contributed by atoms with Gasteiger partial charge in [0.2, 0.25) is 15.9 Å². The van der Waals surface area contributed by atoms with Crippen molar-refractivity contribution in [3.05, 3.63) is 35.9 Å². The Kier molecular flexibility index (Phi) is 5.78. The summed E-state index contributed by atoms with van der Waals surface area (Å²) in [5, 5.41) is 3.02. The van der Waals surface area contributed by atoms with E-state index < -0.39 is 16.1 Å². The van der Waals surface area contributed by atoms with Crippen LogP contribution < -0.4 is 5.32 Å². The maximum absolute atomic E-state index is 12.8. The van der Waals surface area contributed by atoms with E-state index in [0.29, 0.717) is 5.56 Å². The molecule has 0 bridgehead atoms. The van der Waals surface area contributed by atoms with Crippen LogP contribution in [0.2, 0.25) is 0 Å². The quantitative estimate of drug-likeness (QED) is 0.863. The van der Waals surface area contributed by atoms with E-state index in [2.05, 4.69) is 17.3 Å². The third kappa shape index (κ3) is 4.76. The van der Waals surface area contributed by atoms with Gasteiger partial charge >= 0.3 is 0 Å². The highest BCUT2D eigenvalue weighted by atomic mass is 32.2. The summed E-state index contributed by atoms with van der Waals surface area (Å²) < 4.78 is 25.0. The molecule has 128 valence electrons. The average Bonchev–Trinajstić information content (AvgIpc) is 2.50. The second kappa shape index (κ2) is 7.42. The summed E-state index contributed by atoms with van der Waals surface area (Å²) in [5.41, 5.74) is 0.672. The van der Waals surface area contributed by atoms with Gasteiger partial charge in [-0.15, -0.1) is 0 Å². The topological polar surface area (TPSA) is 69.7 Å². The van der Waals surface area contributed by atoms with Crippen LogP contribution in [0.1, 0.15) is 24.4 Å². The highest BCUT2D eigenvalue weighted by molar-refractivity contribution is 7.88. The van der Waals surface area contributed by atoms with Gasteiger partial charge in [0.15, 0.2) is 0 Å². The van der Waals surface area contributed by atoms with E-state index in [1.54, 1.807) is 24.3 Å². The van der Waals surface area contributed by atoms with Gasteiger partial charge in [0.25, 0.3) is 0 Å². The van der Waals surface area contributed by atoms with Gasteiger partial charge in [0.1, 0.15) is 6.04 Å². The molecule has 6 nitrogen and oxygen atoms in total. The number of nitrogens with one attached hydrogen (secondary N) is 1. The lowest BCUT2D eigenvalue weighted by Gasteiger charge is -2.32. The predicted octanol–water partition coefficient (Wildman–Crippen LogP) is 0.829. The number of amides is 1. The molecule has 0 unspecified atom stereocenters. The van der Waals surface area contributed by atoms with Crippen LogP contribution in [0.25, 0.3) is 0 Å². The van der Waals surface area contributed by atoms with Crippen molar-refractivity contribution in [2.24, 2.45) is 0 Å². The summed E-state index contributed by atoms with van der Waals surface area (Å²) >= 11 is 0. The predicted molar refractivity (Wildman–Crippen MR) is 90.5 cm³/mol. The molecule has 1 aromatic rings. The molecule has 1 aliphatic rings. The number of hydrogen-bond acceptors (Lipinski definition) is 4. The molecule has 0 aromatic heterocycles. The van der Waals surface area contributed by atoms with Crippen LogP contribution >= 0.6 is 0 Å². The maximum atomic E-state index is 12.8. The van der Waals surface area contributed by atoms with Crippen LogP contribution in [0.5, 0.6) is 0 Å². The van der Waals surface area contributed by atoms with E-state index in [4.69, 9.17) is 0 Å². The lowest BCUT2D eigenvalue weighted by atomic mass is 10.0. The van der Waals surface area contributed by atoms with E-state index in [0.717, 1.165) is 36.5 Å². The van der Waals surface area contributed by atoms with Crippen molar-refractivity contribution in [1.82, 2.24) is 14.5 Å². The molecular formula is C16H25N3O3S. The molecule has 1 heterocycles. The molecule has 1 aliphatic heterocycles. The Labute approximate surface area is 138 Å². The molecular weight excluding hydrogens is 314 g/mol. The number of benzene rings is 1. The van der Waals surface area contributed by atoms with Crippen molar-refractivity contribution in [2.75, 3.05) is 33.4 Å². The average molecular weight is 339 g/mol. The summed E-state index contributed by atoms with van der Waals surface area (Å²) in [5.74, 6) is -0.265. The second-order valence-electron chi connectivity index (χ2n) is 6.18. The highest BCUT2D eigenvalue weighted by Gasteiger charge is 2.32. The van der Waals surface area contributed by atoms with Crippen LogP contribution in [0.15, 0.2) is 30.3 Å². The second-order valence-corrected chi connectivity index (χ2v) is 8.22. The number of rotatable bonds is 5. The number of carbonyl (C=O) groups is 1. The Balaban J connectivity index is 2.18. The first-order chi connectivity index (χ1) is 10.8. The minimum Gasteiger partial charge on any atom is -0.352 e. The first-order valence-electron chi connectivity index (χ1n) is 7.76. The molecule has 0 aliphatic carbocycles. The Hall–Kier alpha value is -1.44. The van der Waals surface area contributed by atoms with Crippen LogP contribution in [-0.4, -0.2) is 63.0 Å². The molecule has 23 heavy (non-hydrogen) atoms. The SMILES string of the molecule is CN1CCC(NC(=O)[C@H](c2ccccc2)N(C)S(C)(=O)=O)CC1. The molecule has 1 N–H and O–H groups in total. The zero-order chi connectivity index (χ0) is 17.0. The summed E-state index contributed by atoms with van der Waals surface area (Å²) in [4.78, 5) is 15.0. The molecule has 1 amide bonds. The molecule has 0 radical (unpaired) electrons. The maximum Gasteiger partial charge on any atom is 0.243 e. The fourth-order valence-electron chi connectivity index (χ4n) is 2.79. The fraction of sp³-hybridized carbons (Fsp3) is 0.562. The van der Waals surface area contributed by atoms with E-state index in [1.807, 2.05) is 6.07 Å².